The Morgan fingerprint density at radius 2 is 2.05 bits per heavy atom. The van der Waals surface area contributed by atoms with Crippen LogP contribution in [0.5, 0.6) is 0 Å². The highest BCUT2D eigenvalue weighted by Gasteiger charge is 2.38. The van der Waals surface area contributed by atoms with Gasteiger partial charge < -0.3 is 0 Å². The Kier molecular flexibility index (Phi) is 5.27. The van der Waals surface area contributed by atoms with Crippen LogP contribution < -0.4 is 0 Å². The second-order valence-corrected chi connectivity index (χ2v) is 6.98. The average molecular weight is 359 g/mol. The summed E-state index contributed by atoms with van der Waals surface area (Å²) in [5.41, 5.74) is 0.561. The monoisotopic (exact) mass is 357 g/mol. The Morgan fingerprint density at radius 1 is 1.40 bits per heavy atom. The van der Waals surface area contributed by atoms with Crippen molar-refractivity contribution in [3.8, 4) is 0 Å². The van der Waals surface area contributed by atoms with Crippen molar-refractivity contribution in [3.05, 3.63) is 33.3 Å². The van der Waals surface area contributed by atoms with Crippen molar-refractivity contribution < 1.29 is 4.79 Å². The third kappa shape index (κ3) is 3.26. The second-order valence-electron chi connectivity index (χ2n) is 5.66. The molecule has 1 atom stereocenters. The minimum atomic E-state index is -0.354. The Bertz CT molecular complexity index is 499. The van der Waals surface area contributed by atoms with Gasteiger partial charge in [-0.1, -0.05) is 40.5 Å². The number of benzene rings is 1. The molecule has 0 bridgehead atoms. The maximum absolute atomic E-state index is 12.8. The molecule has 0 aromatic heterocycles. The molecule has 4 heteroatoms. The number of hydrogen-bond acceptors (Lipinski definition) is 2. The van der Waals surface area contributed by atoms with Gasteiger partial charge in [-0.05, 0) is 57.0 Å². The number of hydrogen-bond donors (Lipinski definition) is 0. The van der Waals surface area contributed by atoms with Gasteiger partial charge >= 0.3 is 0 Å². The third-order valence-electron chi connectivity index (χ3n) is 4.46. The van der Waals surface area contributed by atoms with Gasteiger partial charge in [-0.2, -0.15) is 0 Å². The summed E-state index contributed by atoms with van der Waals surface area (Å²) in [7, 11) is 0. The first-order valence-corrected chi connectivity index (χ1v) is 8.36. The van der Waals surface area contributed by atoms with Crippen molar-refractivity contribution >= 4 is 33.3 Å². The molecular weight excluding hydrogens is 338 g/mol. The van der Waals surface area contributed by atoms with E-state index in [1.165, 1.54) is 12.8 Å². The van der Waals surface area contributed by atoms with E-state index in [0.29, 0.717) is 11.4 Å². The van der Waals surface area contributed by atoms with E-state index >= 15 is 0 Å². The molecule has 0 N–H and O–H groups in total. The summed E-state index contributed by atoms with van der Waals surface area (Å²) in [6, 6.07) is 5.72. The van der Waals surface area contributed by atoms with Gasteiger partial charge in [0.15, 0.2) is 5.78 Å². The smallest absolute Gasteiger partial charge is 0.157 e. The van der Waals surface area contributed by atoms with E-state index in [2.05, 4.69) is 34.7 Å². The van der Waals surface area contributed by atoms with E-state index in [1.807, 2.05) is 18.2 Å². The number of carbonyl (C=O) groups excluding carboxylic acids is 1. The molecule has 2 nitrogen and oxygen atoms in total. The number of nitrogens with zero attached hydrogens (tertiary/aromatic N) is 1. The van der Waals surface area contributed by atoms with Crippen molar-refractivity contribution in [1.29, 1.82) is 0 Å². The van der Waals surface area contributed by atoms with Crippen molar-refractivity contribution in [3.63, 3.8) is 0 Å². The van der Waals surface area contributed by atoms with Crippen LogP contribution in [0.1, 0.15) is 38.7 Å². The summed E-state index contributed by atoms with van der Waals surface area (Å²) in [5, 5.41) is 0.660. The van der Waals surface area contributed by atoms with Crippen LogP contribution in [-0.4, -0.2) is 29.3 Å². The molecule has 1 saturated heterocycles. The number of Topliss-reactive ketones (excluding diaryl/α,β-unsaturated/α-hetero) is 1. The first-order valence-electron chi connectivity index (χ1n) is 7.19. The summed E-state index contributed by atoms with van der Waals surface area (Å²) in [5.74, 6) is 0.270. The Hall–Kier alpha value is -0.380. The molecule has 20 heavy (non-hydrogen) atoms. The maximum atomic E-state index is 12.8. The highest BCUT2D eigenvalue weighted by atomic mass is 79.9. The van der Waals surface area contributed by atoms with Gasteiger partial charge in [0, 0.05) is 15.9 Å². The van der Waals surface area contributed by atoms with Gasteiger partial charge in [0.25, 0.3) is 0 Å². The van der Waals surface area contributed by atoms with Crippen LogP contribution >= 0.6 is 27.5 Å². The average Bonchev–Trinajstić information content (AvgIpc) is 2.95. The van der Waals surface area contributed by atoms with Gasteiger partial charge in [-0.15, -0.1) is 0 Å². The maximum Gasteiger partial charge on any atom is 0.157 e. The Balaban J connectivity index is 2.16. The Morgan fingerprint density at radius 3 is 2.60 bits per heavy atom. The van der Waals surface area contributed by atoms with Crippen molar-refractivity contribution in [1.82, 2.24) is 4.90 Å². The minimum absolute atomic E-state index is 0.270. The molecule has 0 amide bonds. The Labute approximate surface area is 134 Å². The molecule has 1 heterocycles. The van der Waals surface area contributed by atoms with Crippen LogP contribution in [0, 0.1) is 0 Å². The normalized spacial score (nSPS) is 19.0. The molecule has 0 aliphatic carbocycles. The fourth-order valence-electron chi connectivity index (χ4n) is 2.84. The van der Waals surface area contributed by atoms with Gasteiger partial charge in [0.1, 0.15) is 0 Å². The predicted molar refractivity (Wildman–Crippen MR) is 87.4 cm³/mol. The molecule has 1 aromatic rings. The highest BCUT2D eigenvalue weighted by Crippen LogP contribution is 2.29. The number of halogens is 2. The number of likely N-dealkylation sites (tertiary alicyclic amines) is 1. The fraction of sp³-hybridized carbons (Fsp3) is 0.562. The van der Waals surface area contributed by atoms with Crippen LogP contribution in [-0.2, 0) is 11.2 Å². The predicted octanol–water partition coefficient (Wildman–Crippen LogP) is 4.48. The zero-order valence-electron chi connectivity index (χ0n) is 12.1. The molecule has 1 aromatic carbocycles. The summed E-state index contributed by atoms with van der Waals surface area (Å²) in [6.07, 6.45) is 3.65. The van der Waals surface area contributed by atoms with Crippen molar-refractivity contribution in [2.75, 3.05) is 13.1 Å². The SMILES string of the molecule is CCC(C)(C(=O)Cc1ccc(Br)cc1Cl)N1CCCC1. The second kappa shape index (κ2) is 6.59. The van der Waals surface area contributed by atoms with E-state index in [1.54, 1.807) is 0 Å². The van der Waals surface area contributed by atoms with Crippen molar-refractivity contribution in [2.24, 2.45) is 0 Å². The molecular formula is C16H21BrClNO. The van der Waals surface area contributed by atoms with Crippen LogP contribution in [0.25, 0.3) is 0 Å². The number of ketones is 1. The summed E-state index contributed by atoms with van der Waals surface area (Å²) >= 11 is 9.62. The summed E-state index contributed by atoms with van der Waals surface area (Å²) in [4.78, 5) is 15.1. The van der Waals surface area contributed by atoms with E-state index in [4.69, 9.17) is 11.6 Å². The van der Waals surface area contributed by atoms with E-state index in [-0.39, 0.29) is 11.3 Å². The number of rotatable bonds is 5. The molecule has 1 aliphatic rings. The van der Waals surface area contributed by atoms with Gasteiger partial charge in [-0.25, -0.2) is 0 Å². The summed E-state index contributed by atoms with van der Waals surface area (Å²) in [6.45, 7) is 6.24. The lowest BCUT2D eigenvalue weighted by Gasteiger charge is -2.36. The highest BCUT2D eigenvalue weighted by molar-refractivity contribution is 9.10. The summed E-state index contributed by atoms with van der Waals surface area (Å²) < 4.78 is 0.941. The lowest BCUT2D eigenvalue weighted by molar-refractivity contribution is -0.129. The third-order valence-corrected chi connectivity index (χ3v) is 5.30. The number of carbonyl (C=O) groups is 1. The van der Waals surface area contributed by atoms with Crippen molar-refractivity contribution in [2.45, 2.75) is 45.1 Å². The molecule has 2 rings (SSSR count). The first kappa shape index (κ1) is 16.0. The van der Waals surface area contributed by atoms with Crippen LogP contribution in [0.3, 0.4) is 0 Å². The topological polar surface area (TPSA) is 20.3 Å². The van der Waals surface area contributed by atoms with E-state index in [0.717, 1.165) is 29.5 Å². The van der Waals surface area contributed by atoms with Gasteiger partial charge in [-0.3, -0.25) is 9.69 Å². The minimum Gasteiger partial charge on any atom is -0.297 e. The molecule has 110 valence electrons. The van der Waals surface area contributed by atoms with Gasteiger partial charge in [0.2, 0.25) is 0 Å². The first-order chi connectivity index (χ1) is 9.47. The quantitative estimate of drug-likeness (QED) is 0.773. The lowest BCUT2D eigenvalue weighted by atomic mass is 9.87. The zero-order chi connectivity index (χ0) is 14.8. The fourth-order valence-corrected chi connectivity index (χ4v) is 3.58. The molecule has 0 saturated carbocycles. The van der Waals surface area contributed by atoms with E-state index in [9.17, 15) is 4.79 Å². The van der Waals surface area contributed by atoms with Gasteiger partial charge in [0.05, 0.1) is 5.54 Å². The van der Waals surface area contributed by atoms with E-state index < -0.39 is 0 Å². The molecule has 1 fully saturated rings. The zero-order valence-corrected chi connectivity index (χ0v) is 14.4. The lowest BCUT2D eigenvalue weighted by Crippen LogP contribution is -2.51. The molecule has 0 radical (unpaired) electrons. The largest absolute Gasteiger partial charge is 0.297 e. The van der Waals surface area contributed by atoms with Crippen LogP contribution in [0.2, 0.25) is 5.02 Å². The molecule has 1 unspecified atom stereocenters. The van der Waals surface area contributed by atoms with Crippen LogP contribution in [0.15, 0.2) is 22.7 Å². The molecule has 0 spiro atoms. The standard InChI is InChI=1S/C16H21BrClNO/c1-3-16(2,19-8-4-5-9-19)15(20)10-12-6-7-13(17)11-14(12)18/h6-7,11H,3-5,8-10H2,1-2H3. The van der Waals surface area contributed by atoms with Crippen LogP contribution in [0.4, 0.5) is 0 Å². The molecule has 1 aliphatic heterocycles.